The van der Waals surface area contributed by atoms with Gasteiger partial charge in [0.1, 0.15) is 17.2 Å². The molecule has 2 fully saturated rings. The Morgan fingerprint density at radius 2 is 1.93 bits per heavy atom. The Morgan fingerprint density at radius 1 is 1.12 bits per heavy atom. The first-order valence-corrected chi connectivity index (χ1v) is 14.0. The normalized spacial score (nSPS) is 17.3. The topological polar surface area (TPSA) is 119 Å². The van der Waals surface area contributed by atoms with Crippen LogP contribution in [0.2, 0.25) is 10.0 Å². The van der Waals surface area contributed by atoms with Crippen molar-refractivity contribution in [1.29, 1.82) is 0 Å². The molecule has 4 aromatic rings. The number of imide groups is 1. The lowest BCUT2D eigenvalue weighted by molar-refractivity contribution is -0.120. The Morgan fingerprint density at radius 3 is 2.68 bits per heavy atom. The summed E-state index contributed by atoms with van der Waals surface area (Å²) in [6.07, 6.45) is 3.58. The van der Waals surface area contributed by atoms with Crippen molar-refractivity contribution in [3.63, 3.8) is 0 Å². The molecule has 0 bridgehead atoms. The molecule has 6 rings (SSSR count). The summed E-state index contributed by atoms with van der Waals surface area (Å²) >= 11 is 12.6. The predicted molar refractivity (Wildman–Crippen MR) is 156 cm³/mol. The molecule has 2 aliphatic heterocycles. The minimum Gasteiger partial charge on any atom is -0.355 e. The van der Waals surface area contributed by atoms with E-state index in [1.165, 1.54) is 11.0 Å². The molecule has 3 N–H and O–H groups in total. The van der Waals surface area contributed by atoms with Gasteiger partial charge in [0.15, 0.2) is 0 Å². The summed E-state index contributed by atoms with van der Waals surface area (Å²) in [5.74, 6) is -0.105. The number of benzene rings is 2. The van der Waals surface area contributed by atoms with E-state index in [-0.39, 0.29) is 30.1 Å². The van der Waals surface area contributed by atoms with Crippen molar-refractivity contribution in [2.24, 2.45) is 0 Å². The Balaban J connectivity index is 1.08. The highest BCUT2D eigenvalue weighted by molar-refractivity contribution is 6.43. The molecule has 0 radical (unpaired) electrons. The highest BCUT2D eigenvalue weighted by Gasteiger charge is 2.31. The zero-order valence-corrected chi connectivity index (χ0v) is 23.7. The van der Waals surface area contributed by atoms with Gasteiger partial charge in [-0.25, -0.2) is 19.2 Å². The lowest BCUT2D eigenvalue weighted by Gasteiger charge is -2.40. The number of nitrogens with zero attached hydrogens (tertiary/aromatic N) is 5. The van der Waals surface area contributed by atoms with Gasteiger partial charge in [0, 0.05) is 43.7 Å². The van der Waals surface area contributed by atoms with Crippen LogP contribution in [-0.4, -0.2) is 57.3 Å². The van der Waals surface area contributed by atoms with Gasteiger partial charge >= 0.3 is 6.03 Å². The van der Waals surface area contributed by atoms with E-state index in [0.29, 0.717) is 39.0 Å². The van der Waals surface area contributed by atoms with Crippen LogP contribution >= 0.6 is 23.2 Å². The third-order valence-corrected chi connectivity index (χ3v) is 8.56. The van der Waals surface area contributed by atoms with E-state index in [9.17, 15) is 14.0 Å². The van der Waals surface area contributed by atoms with Crippen LogP contribution in [0, 0.1) is 5.82 Å². The highest BCUT2D eigenvalue weighted by atomic mass is 35.5. The van der Waals surface area contributed by atoms with Crippen molar-refractivity contribution in [3.8, 4) is 11.3 Å². The molecule has 0 spiro atoms. The maximum atomic E-state index is 14.9. The number of carbonyl (C=O) groups excluding carboxylic acids is 2. The van der Waals surface area contributed by atoms with E-state index < -0.39 is 11.8 Å². The van der Waals surface area contributed by atoms with Crippen molar-refractivity contribution in [3.05, 3.63) is 64.0 Å². The van der Waals surface area contributed by atoms with Crippen LogP contribution in [-0.2, 0) is 11.3 Å². The monoisotopic (exact) mass is 596 g/mol. The van der Waals surface area contributed by atoms with Crippen LogP contribution in [0.5, 0.6) is 0 Å². The molecule has 2 saturated heterocycles. The van der Waals surface area contributed by atoms with Gasteiger partial charge in [0.25, 0.3) is 0 Å². The molecule has 2 aromatic carbocycles. The second-order valence-corrected chi connectivity index (χ2v) is 11.3. The van der Waals surface area contributed by atoms with E-state index in [0.717, 1.165) is 37.3 Å². The number of carbonyl (C=O) groups is 2. The van der Waals surface area contributed by atoms with Crippen LogP contribution in [0.1, 0.15) is 31.7 Å². The Labute approximate surface area is 245 Å². The number of halogens is 3. The molecule has 3 amide bonds. The Bertz CT molecular complexity index is 1650. The fourth-order valence-corrected chi connectivity index (χ4v) is 5.61. The van der Waals surface area contributed by atoms with Crippen LogP contribution < -0.4 is 20.4 Å². The zero-order chi connectivity index (χ0) is 28.7. The molecular weight excluding hydrogens is 570 g/mol. The highest BCUT2D eigenvalue weighted by Crippen LogP contribution is 2.35. The van der Waals surface area contributed by atoms with Crippen molar-refractivity contribution in [2.75, 3.05) is 29.4 Å². The van der Waals surface area contributed by atoms with Crippen molar-refractivity contribution >= 4 is 57.8 Å². The molecule has 2 aliphatic rings. The fraction of sp³-hybridized carbons (Fsp3) is 0.321. The number of H-pyrrole nitrogens is 1. The van der Waals surface area contributed by atoms with Crippen LogP contribution in [0.4, 0.5) is 20.7 Å². The molecule has 0 saturated carbocycles. The van der Waals surface area contributed by atoms with Gasteiger partial charge in [0.2, 0.25) is 11.6 Å². The fourth-order valence-electron chi connectivity index (χ4n) is 5.22. The van der Waals surface area contributed by atoms with E-state index in [4.69, 9.17) is 28.2 Å². The standard InChI is InChI=1S/C28H27Cl2FN8O2/c1-28(33-14-16-5-6-20(19(31)13-16)39-10-7-22(40)35-27(39)41)8-11-38(12-9-28)21-15-32-25-24(36-37-26(25)34-21)17-3-2-4-18(29)23(17)30/h2-6,13,15,33H,7-12,14H2,1H3,(H,34,36,37)(H,35,40,41). The summed E-state index contributed by atoms with van der Waals surface area (Å²) in [5.41, 5.74) is 3.28. The SMILES string of the molecule is CC1(NCc2ccc(N3CCC(=O)NC3=O)c(F)c2)CCN(c2cnc3c(-c4cccc(Cl)c4Cl)[nH]nc3n2)CC1. The average Bonchev–Trinajstić information content (AvgIpc) is 3.38. The predicted octanol–water partition coefficient (Wildman–Crippen LogP) is 5.06. The molecule has 0 unspecified atom stereocenters. The lowest BCUT2D eigenvalue weighted by Crippen LogP contribution is -2.51. The number of piperidine rings is 1. The maximum absolute atomic E-state index is 14.9. The van der Waals surface area contributed by atoms with Crippen LogP contribution in [0.15, 0.2) is 42.6 Å². The molecule has 41 heavy (non-hydrogen) atoms. The number of aromatic nitrogens is 4. The second kappa shape index (κ2) is 10.9. The van der Waals surface area contributed by atoms with E-state index in [1.54, 1.807) is 24.4 Å². The van der Waals surface area contributed by atoms with Gasteiger partial charge in [-0.2, -0.15) is 5.10 Å². The summed E-state index contributed by atoms with van der Waals surface area (Å²) in [7, 11) is 0. The maximum Gasteiger partial charge on any atom is 0.328 e. The first-order valence-electron chi connectivity index (χ1n) is 13.3. The van der Waals surface area contributed by atoms with Gasteiger partial charge < -0.3 is 10.2 Å². The number of urea groups is 1. The number of rotatable bonds is 6. The summed E-state index contributed by atoms with van der Waals surface area (Å²) in [6.45, 7) is 4.32. The Kier molecular flexibility index (Phi) is 7.27. The summed E-state index contributed by atoms with van der Waals surface area (Å²) in [5, 5.41) is 14.0. The smallest absolute Gasteiger partial charge is 0.328 e. The van der Waals surface area contributed by atoms with Crippen molar-refractivity contribution < 1.29 is 14.0 Å². The van der Waals surface area contributed by atoms with Gasteiger partial charge in [0.05, 0.1) is 27.6 Å². The molecule has 212 valence electrons. The summed E-state index contributed by atoms with van der Waals surface area (Å²) in [6, 6.07) is 9.62. The molecule has 2 aromatic heterocycles. The number of amides is 3. The first-order chi connectivity index (χ1) is 19.7. The number of fused-ring (bicyclic) bond motifs is 1. The Hall–Kier alpha value is -3.80. The first kappa shape index (κ1) is 27.4. The summed E-state index contributed by atoms with van der Waals surface area (Å²) < 4.78 is 14.9. The second-order valence-electron chi connectivity index (χ2n) is 10.5. The van der Waals surface area contributed by atoms with Crippen molar-refractivity contribution in [2.45, 2.75) is 38.3 Å². The average molecular weight is 597 g/mol. The van der Waals surface area contributed by atoms with E-state index in [1.807, 2.05) is 12.1 Å². The molecule has 0 atom stereocenters. The van der Waals surface area contributed by atoms with E-state index >= 15 is 0 Å². The minimum absolute atomic E-state index is 0.143. The lowest BCUT2D eigenvalue weighted by atomic mass is 9.89. The molecule has 0 aliphatic carbocycles. The molecular formula is C28H27Cl2FN8O2. The van der Waals surface area contributed by atoms with Crippen LogP contribution in [0.3, 0.4) is 0 Å². The molecule has 4 heterocycles. The van der Waals surface area contributed by atoms with Crippen molar-refractivity contribution in [1.82, 2.24) is 30.8 Å². The van der Waals surface area contributed by atoms with E-state index in [2.05, 4.69) is 37.6 Å². The molecule has 10 nitrogen and oxygen atoms in total. The zero-order valence-electron chi connectivity index (χ0n) is 22.2. The van der Waals surface area contributed by atoms with Crippen LogP contribution in [0.25, 0.3) is 22.4 Å². The van der Waals surface area contributed by atoms with Gasteiger partial charge in [-0.3, -0.25) is 20.1 Å². The third kappa shape index (κ3) is 5.44. The molecule has 13 heteroatoms. The van der Waals surface area contributed by atoms with Gasteiger partial charge in [-0.1, -0.05) is 41.4 Å². The minimum atomic E-state index is -0.604. The summed E-state index contributed by atoms with van der Waals surface area (Å²) in [4.78, 5) is 36.3. The number of anilines is 2. The number of nitrogens with one attached hydrogen (secondary N) is 3. The number of hydrogen-bond acceptors (Lipinski definition) is 7. The van der Waals surface area contributed by atoms with Gasteiger partial charge in [-0.05, 0) is 43.5 Å². The quantitative estimate of drug-likeness (QED) is 0.284. The number of aromatic amines is 1. The number of hydrogen-bond donors (Lipinski definition) is 3. The van der Waals surface area contributed by atoms with Gasteiger partial charge in [-0.15, -0.1) is 0 Å². The third-order valence-electron chi connectivity index (χ3n) is 7.74. The largest absolute Gasteiger partial charge is 0.355 e.